The Morgan fingerprint density at radius 2 is 2.23 bits per heavy atom. The van der Waals surface area contributed by atoms with Gasteiger partial charge in [-0.1, -0.05) is 18.2 Å². The van der Waals surface area contributed by atoms with Crippen LogP contribution >= 0.6 is 0 Å². The third-order valence-corrected chi connectivity index (χ3v) is 2.95. The molecule has 0 aromatic rings. The molecule has 3 N–H and O–H groups in total. The normalized spacial score (nSPS) is 28.4. The van der Waals surface area contributed by atoms with E-state index in [2.05, 4.69) is 5.32 Å². The molecule has 13 heavy (non-hydrogen) atoms. The first-order chi connectivity index (χ1) is 5.95. The molecule has 0 saturated carbocycles. The van der Waals surface area contributed by atoms with Gasteiger partial charge in [0.1, 0.15) is 0 Å². The lowest BCUT2D eigenvalue weighted by atomic mass is 10.1. The molecule has 74 valence electrons. The smallest absolute Gasteiger partial charge is 0.270 e. The van der Waals surface area contributed by atoms with Crippen molar-refractivity contribution in [3.8, 4) is 0 Å². The molecule has 5 nitrogen and oxygen atoms in total. The zero-order valence-electron chi connectivity index (χ0n) is 7.06. The van der Waals surface area contributed by atoms with Crippen LogP contribution in [0.5, 0.6) is 0 Å². The maximum Gasteiger partial charge on any atom is 0.270 e. The van der Waals surface area contributed by atoms with E-state index in [1.54, 1.807) is 7.05 Å². The van der Waals surface area contributed by atoms with Gasteiger partial charge in [-0.2, -0.15) is 8.42 Å². The van der Waals surface area contributed by atoms with Crippen molar-refractivity contribution in [1.29, 1.82) is 0 Å². The lowest BCUT2D eigenvalue weighted by Crippen LogP contribution is -2.31. The minimum Gasteiger partial charge on any atom is -0.670 e. The minimum absolute atomic E-state index is 0.680. The Morgan fingerprint density at radius 1 is 1.62 bits per heavy atom. The van der Waals surface area contributed by atoms with Gasteiger partial charge in [-0.15, -0.1) is 0 Å². The van der Waals surface area contributed by atoms with Gasteiger partial charge >= 0.3 is 0 Å². The molecule has 0 aromatic heterocycles. The van der Waals surface area contributed by atoms with Crippen molar-refractivity contribution >= 4 is 10.1 Å². The fourth-order valence-corrected chi connectivity index (χ4v) is 1.84. The van der Waals surface area contributed by atoms with E-state index >= 15 is 0 Å². The molecule has 2 unspecified atom stereocenters. The van der Waals surface area contributed by atoms with Gasteiger partial charge in [-0.05, 0) is 6.08 Å². The zero-order valence-corrected chi connectivity index (χ0v) is 7.88. The van der Waals surface area contributed by atoms with E-state index in [1.165, 1.54) is 18.2 Å². The van der Waals surface area contributed by atoms with E-state index in [0.717, 1.165) is 0 Å². The average molecular weight is 203 g/mol. The van der Waals surface area contributed by atoms with Crippen molar-refractivity contribution in [2.75, 3.05) is 7.05 Å². The van der Waals surface area contributed by atoms with E-state index in [0.29, 0.717) is 5.70 Å². The summed E-state index contributed by atoms with van der Waals surface area (Å²) in [4.78, 5) is 0. The van der Waals surface area contributed by atoms with Gasteiger partial charge in [0.2, 0.25) is 0 Å². The molecule has 0 aliphatic heterocycles. The molecule has 0 aromatic carbocycles. The SMILES string of the molecule is CNC1=CC([NH-])C(S(=O)(=O)O)C=C1. The quantitative estimate of drug-likeness (QED) is 0.633. The van der Waals surface area contributed by atoms with E-state index in [9.17, 15) is 8.42 Å². The van der Waals surface area contributed by atoms with Gasteiger partial charge in [-0.3, -0.25) is 4.55 Å². The molecular formula is C7H11N2O3S-. The fourth-order valence-electron chi connectivity index (χ4n) is 1.11. The van der Waals surface area contributed by atoms with Gasteiger partial charge in [0, 0.05) is 12.7 Å². The predicted octanol–water partition coefficient (Wildman–Crippen LogP) is 0.337. The van der Waals surface area contributed by atoms with Crippen LogP contribution < -0.4 is 5.32 Å². The minimum atomic E-state index is -4.15. The van der Waals surface area contributed by atoms with Crippen LogP contribution in [0, 0.1) is 0 Å². The topological polar surface area (TPSA) is 90.2 Å². The van der Waals surface area contributed by atoms with Gasteiger partial charge in [0.05, 0.1) is 5.25 Å². The third-order valence-electron chi connectivity index (χ3n) is 1.81. The first-order valence-electron chi connectivity index (χ1n) is 3.70. The predicted molar refractivity (Wildman–Crippen MR) is 49.7 cm³/mol. The highest BCUT2D eigenvalue weighted by Gasteiger charge is 2.23. The lowest BCUT2D eigenvalue weighted by molar-refractivity contribution is 0.473. The summed E-state index contributed by atoms with van der Waals surface area (Å²) in [5.74, 6) is 0. The third kappa shape index (κ3) is 2.30. The van der Waals surface area contributed by atoms with Gasteiger partial charge in [-0.25, -0.2) is 0 Å². The number of allylic oxidation sites excluding steroid dienone is 1. The Hall–Kier alpha value is -0.850. The summed E-state index contributed by atoms with van der Waals surface area (Å²) in [5, 5.41) is 1.64. The molecule has 0 amide bonds. The molecule has 0 saturated heterocycles. The van der Waals surface area contributed by atoms with Crippen molar-refractivity contribution in [3.05, 3.63) is 29.7 Å². The summed E-state index contributed by atoms with van der Waals surface area (Å²) in [7, 11) is -2.48. The highest BCUT2D eigenvalue weighted by molar-refractivity contribution is 7.86. The lowest BCUT2D eigenvalue weighted by Gasteiger charge is -2.26. The Labute approximate surface area is 77.1 Å². The maximum atomic E-state index is 10.7. The Kier molecular flexibility index (Phi) is 2.74. The highest BCUT2D eigenvalue weighted by atomic mass is 32.2. The number of hydrogen-bond acceptors (Lipinski definition) is 3. The number of likely N-dealkylation sites (N-methyl/N-ethyl adjacent to an activating group) is 1. The van der Waals surface area contributed by atoms with Crippen molar-refractivity contribution < 1.29 is 13.0 Å². The van der Waals surface area contributed by atoms with Crippen LogP contribution in [0.4, 0.5) is 0 Å². The number of nitrogens with one attached hydrogen (secondary N) is 2. The van der Waals surface area contributed by atoms with Crippen LogP contribution in [-0.2, 0) is 10.1 Å². The molecule has 0 fully saturated rings. The van der Waals surface area contributed by atoms with Gasteiger partial charge in [0.25, 0.3) is 10.1 Å². The van der Waals surface area contributed by atoms with Crippen LogP contribution in [0.25, 0.3) is 5.73 Å². The van der Waals surface area contributed by atoms with Gasteiger partial charge < -0.3 is 11.1 Å². The summed E-state index contributed by atoms with van der Waals surface area (Å²) in [5.41, 5.74) is 8.09. The molecule has 6 heteroatoms. The Balaban J connectivity index is 2.90. The molecule has 2 atom stereocenters. The van der Waals surface area contributed by atoms with E-state index in [4.69, 9.17) is 10.3 Å². The van der Waals surface area contributed by atoms with Crippen LogP contribution in [-0.4, -0.2) is 31.3 Å². The standard InChI is InChI=1S/C7H11N2O3S/c1-9-5-2-3-7(6(8)4-5)13(10,11)12/h2-4,6-9H,1H3,(H,10,11,12)/q-1. The second kappa shape index (κ2) is 3.49. The Morgan fingerprint density at radius 3 is 2.62 bits per heavy atom. The summed E-state index contributed by atoms with van der Waals surface area (Å²) < 4.78 is 30.2. The molecule has 0 radical (unpaired) electrons. The first kappa shape index (κ1) is 10.2. The second-order valence-corrected chi connectivity index (χ2v) is 4.31. The van der Waals surface area contributed by atoms with E-state index in [-0.39, 0.29) is 0 Å². The summed E-state index contributed by atoms with van der Waals surface area (Å²) in [6.07, 6.45) is 4.28. The first-order valence-corrected chi connectivity index (χ1v) is 5.20. The fraction of sp³-hybridized carbons (Fsp3) is 0.429. The summed E-state index contributed by atoms with van der Waals surface area (Å²) in [6.45, 7) is 0. The molecule has 0 heterocycles. The maximum absolute atomic E-state index is 10.7. The van der Waals surface area contributed by atoms with Crippen LogP contribution in [0.15, 0.2) is 23.9 Å². The van der Waals surface area contributed by atoms with Crippen LogP contribution in [0.2, 0.25) is 0 Å². The van der Waals surface area contributed by atoms with E-state index < -0.39 is 21.4 Å². The average Bonchev–Trinajstić information content (AvgIpc) is 2.01. The van der Waals surface area contributed by atoms with Crippen LogP contribution in [0.1, 0.15) is 0 Å². The highest BCUT2D eigenvalue weighted by Crippen LogP contribution is 2.17. The van der Waals surface area contributed by atoms with E-state index in [1.807, 2.05) is 0 Å². The number of rotatable bonds is 2. The van der Waals surface area contributed by atoms with Crippen molar-refractivity contribution in [1.82, 2.24) is 5.32 Å². The second-order valence-electron chi connectivity index (χ2n) is 2.74. The largest absolute Gasteiger partial charge is 0.670 e. The Bertz CT molecular complexity index is 345. The summed E-state index contributed by atoms with van der Waals surface area (Å²) >= 11 is 0. The van der Waals surface area contributed by atoms with Crippen molar-refractivity contribution in [3.63, 3.8) is 0 Å². The zero-order chi connectivity index (χ0) is 10.1. The van der Waals surface area contributed by atoms with Crippen LogP contribution in [0.3, 0.4) is 0 Å². The molecule has 0 bridgehead atoms. The van der Waals surface area contributed by atoms with Crippen molar-refractivity contribution in [2.24, 2.45) is 0 Å². The van der Waals surface area contributed by atoms with Crippen molar-refractivity contribution in [2.45, 2.75) is 11.3 Å². The molecule has 1 rings (SSSR count). The molecule has 0 spiro atoms. The summed E-state index contributed by atoms with van der Waals surface area (Å²) in [6, 6.07) is -0.956. The molecule has 1 aliphatic carbocycles. The monoisotopic (exact) mass is 203 g/mol. The molecule has 1 aliphatic rings. The number of hydrogen-bond donors (Lipinski definition) is 2. The van der Waals surface area contributed by atoms with Gasteiger partial charge in [0.15, 0.2) is 0 Å². The molecular weight excluding hydrogens is 192 g/mol.